The molecule has 1 aromatic rings. The number of guanidine groups is 1. The molecule has 1 atom stereocenters. The van der Waals surface area contributed by atoms with E-state index in [9.17, 15) is 13.6 Å². The Labute approximate surface area is 192 Å². The molecule has 6 nitrogen and oxygen atoms in total. The van der Waals surface area contributed by atoms with E-state index in [0.717, 1.165) is 6.42 Å². The van der Waals surface area contributed by atoms with Gasteiger partial charge in [-0.3, -0.25) is 4.79 Å². The van der Waals surface area contributed by atoms with Crippen molar-refractivity contribution >= 4 is 47.4 Å². The lowest BCUT2D eigenvalue weighted by Crippen LogP contribution is -2.45. The molecule has 0 aromatic heterocycles. The van der Waals surface area contributed by atoms with Crippen LogP contribution in [0.15, 0.2) is 23.2 Å². The quantitative estimate of drug-likeness (QED) is 0.311. The van der Waals surface area contributed by atoms with Gasteiger partial charge in [-0.25, -0.2) is 4.99 Å². The number of hydrogen-bond acceptors (Lipinski definition) is 3. The van der Waals surface area contributed by atoms with Crippen LogP contribution in [-0.4, -0.2) is 49.1 Å². The van der Waals surface area contributed by atoms with Gasteiger partial charge in [0, 0.05) is 42.2 Å². The van der Waals surface area contributed by atoms with Gasteiger partial charge in [-0.15, -0.1) is 24.0 Å². The molecule has 1 aliphatic rings. The van der Waals surface area contributed by atoms with Gasteiger partial charge in [0.15, 0.2) is 5.96 Å². The number of hydrogen-bond donors (Lipinski definition) is 2. The summed E-state index contributed by atoms with van der Waals surface area (Å²) >= 11 is 5.98. The molecular weight excluding hydrogens is 517 g/mol. The lowest BCUT2D eigenvalue weighted by molar-refractivity contribution is -0.133. The zero-order chi connectivity index (χ0) is 20.7. The molecule has 1 aromatic carbocycles. The number of alkyl halides is 2. The summed E-state index contributed by atoms with van der Waals surface area (Å²) in [6, 6.07) is 4.54. The van der Waals surface area contributed by atoms with Crippen LogP contribution in [0.1, 0.15) is 32.8 Å². The third kappa shape index (κ3) is 8.12. The number of carbonyl (C=O) groups excluding carboxylic acids is 1. The van der Waals surface area contributed by atoms with E-state index in [-0.39, 0.29) is 54.1 Å². The number of nitrogens with zero attached hydrogens (tertiary/aromatic N) is 2. The van der Waals surface area contributed by atoms with Gasteiger partial charge in [0.05, 0.1) is 6.54 Å². The summed E-state index contributed by atoms with van der Waals surface area (Å²) in [6.07, 6.45) is 0.819. The Hall–Kier alpha value is -1.36. The molecule has 2 N–H and O–H groups in total. The summed E-state index contributed by atoms with van der Waals surface area (Å²) < 4.78 is 29.7. The first-order valence-corrected chi connectivity index (χ1v) is 9.74. The molecule has 2 rings (SSSR count). The van der Waals surface area contributed by atoms with Gasteiger partial charge >= 0.3 is 6.61 Å². The normalized spacial score (nSPS) is 16.8. The zero-order valence-electron chi connectivity index (χ0n) is 16.8. The highest BCUT2D eigenvalue weighted by atomic mass is 127. The van der Waals surface area contributed by atoms with Gasteiger partial charge in [0.25, 0.3) is 0 Å². The third-order valence-corrected chi connectivity index (χ3v) is 4.56. The number of halogens is 4. The van der Waals surface area contributed by atoms with Crippen molar-refractivity contribution in [1.82, 2.24) is 15.5 Å². The molecule has 1 unspecified atom stereocenters. The van der Waals surface area contributed by atoms with Crippen molar-refractivity contribution in [2.24, 2.45) is 10.9 Å². The minimum atomic E-state index is -2.92. The summed E-state index contributed by atoms with van der Waals surface area (Å²) in [5.74, 6) is 0.707. The number of amides is 1. The lowest BCUT2D eigenvalue weighted by atomic mass is 10.2. The summed E-state index contributed by atoms with van der Waals surface area (Å²) in [6.45, 7) is 4.87. The summed E-state index contributed by atoms with van der Waals surface area (Å²) in [4.78, 5) is 18.4. The molecule has 1 heterocycles. The number of rotatable bonds is 7. The van der Waals surface area contributed by atoms with E-state index < -0.39 is 6.61 Å². The first-order chi connectivity index (χ1) is 13.3. The first-order valence-electron chi connectivity index (χ1n) is 9.37. The van der Waals surface area contributed by atoms with E-state index in [1.54, 1.807) is 6.07 Å². The minimum absolute atomic E-state index is 0. The summed E-state index contributed by atoms with van der Waals surface area (Å²) in [5.41, 5.74) is 0.466. The average molecular weight is 545 g/mol. The van der Waals surface area contributed by atoms with E-state index in [1.807, 2.05) is 25.7 Å². The Morgan fingerprint density at radius 2 is 2.14 bits per heavy atom. The van der Waals surface area contributed by atoms with Crippen LogP contribution in [0.3, 0.4) is 0 Å². The smallest absolute Gasteiger partial charge is 0.387 e. The van der Waals surface area contributed by atoms with Crippen molar-refractivity contribution in [2.45, 2.75) is 46.4 Å². The van der Waals surface area contributed by atoms with E-state index in [1.165, 1.54) is 12.1 Å². The van der Waals surface area contributed by atoms with Crippen LogP contribution in [0.4, 0.5) is 8.78 Å². The van der Waals surface area contributed by atoms with Gasteiger partial charge in [0.2, 0.25) is 5.91 Å². The molecule has 0 radical (unpaired) electrons. The van der Waals surface area contributed by atoms with Gasteiger partial charge in [-0.05, 0) is 31.5 Å². The van der Waals surface area contributed by atoms with Crippen LogP contribution >= 0.6 is 35.6 Å². The Kier molecular flexibility index (Phi) is 10.9. The van der Waals surface area contributed by atoms with E-state index >= 15 is 0 Å². The maximum absolute atomic E-state index is 12.6. The molecule has 0 bridgehead atoms. The average Bonchev–Trinajstić information content (AvgIpc) is 3.09. The van der Waals surface area contributed by atoms with E-state index in [4.69, 9.17) is 11.6 Å². The number of nitrogens with one attached hydrogen (secondary N) is 2. The molecule has 29 heavy (non-hydrogen) atoms. The fourth-order valence-corrected chi connectivity index (χ4v) is 3.20. The predicted molar refractivity (Wildman–Crippen MR) is 121 cm³/mol. The lowest BCUT2D eigenvalue weighted by Gasteiger charge is -2.20. The molecule has 10 heteroatoms. The van der Waals surface area contributed by atoms with Gasteiger partial charge < -0.3 is 20.3 Å². The van der Waals surface area contributed by atoms with Gasteiger partial charge in [0.1, 0.15) is 5.75 Å². The fraction of sp³-hybridized carbons (Fsp3) is 0.579. The Bertz CT molecular complexity index is 707. The van der Waals surface area contributed by atoms with Crippen LogP contribution < -0.4 is 15.4 Å². The molecule has 0 saturated carbocycles. The number of carbonyl (C=O) groups is 1. The van der Waals surface area contributed by atoms with Crippen molar-refractivity contribution in [3.8, 4) is 5.75 Å². The van der Waals surface area contributed by atoms with Crippen LogP contribution in [0, 0.1) is 5.92 Å². The molecule has 0 aliphatic carbocycles. The molecule has 1 saturated heterocycles. The number of benzene rings is 1. The first kappa shape index (κ1) is 25.7. The summed E-state index contributed by atoms with van der Waals surface area (Å²) in [7, 11) is 0. The topological polar surface area (TPSA) is 66.0 Å². The Balaban J connectivity index is 0.00000420. The van der Waals surface area contributed by atoms with Crippen LogP contribution in [-0.2, 0) is 11.3 Å². The van der Waals surface area contributed by atoms with Crippen molar-refractivity contribution in [2.75, 3.05) is 19.6 Å². The predicted octanol–water partition coefficient (Wildman–Crippen LogP) is 3.87. The van der Waals surface area contributed by atoms with Crippen LogP contribution in [0.5, 0.6) is 5.75 Å². The largest absolute Gasteiger partial charge is 0.434 e. The highest BCUT2D eigenvalue weighted by Crippen LogP contribution is 2.25. The summed E-state index contributed by atoms with van der Waals surface area (Å²) in [5, 5.41) is 6.86. The van der Waals surface area contributed by atoms with Crippen molar-refractivity contribution in [3.63, 3.8) is 0 Å². The van der Waals surface area contributed by atoms with E-state index in [0.29, 0.717) is 36.2 Å². The van der Waals surface area contributed by atoms with Crippen molar-refractivity contribution < 1.29 is 18.3 Å². The highest BCUT2D eigenvalue weighted by molar-refractivity contribution is 14.0. The van der Waals surface area contributed by atoms with Crippen LogP contribution in [0.2, 0.25) is 5.02 Å². The maximum Gasteiger partial charge on any atom is 0.387 e. The number of ether oxygens (including phenoxy) is 1. The number of likely N-dealkylation sites (tertiary alicyclic amines) is 1. The SMILES string of the molecule is CCNC(=NCc1cc(Cl)ccc1OC(F)F)NC1CCN(C(=O)C(C)C)C1.I. The standard InChI is InChI=1S/C19H27ClF2N4O2.HI/c1-4-23-19(25-15-7-8-26(11-15)17(27)12(2)3)24-10-13-9-14(20)5-6-16(13)28-18(21)22;/h5-6,9,12,15,18H,4,7-8,10-11H2,1-3H3,(H2,23,24,25);1H. The second-order valence-corrected chi connectivity index (χ2v) is 7.33. The fourth-order valence-electron chi connectivity index (χ4n) is 3.00. The molecule has 1 fully saturated rings. The molecular formula is C19H28ClF2IN4O2. The Morgan fingerprint density at radius 1 is 1.41 bits per heavy atom. The van der Waals surface area contributed by atoms with Gasteiger partial charge in [-0.1, -0.05) is 25.4 Å². The van der Waals surface area contributed by atoms with Crippen molar-refractivity contribution in [3.05, 3.63) is 28.8 Å². The molecule has 1 aliphatic heterocycles. The second-order valence-electron chi connectivity index (χ2n) is 6.89. The zero-order valence-corrected chi connectivity index (χ0v) is 19.8. The van der Waals surface area contributed by atoms with Crippen molar-refractivity contribution in [1.29, 1.82) is 0 Å². The monoisotopic (exact) mass is 544 g/mol. The molecule has 0 spiro atoms. The second kappa shape index (κ2) is 12.4. The third-order valence-electron chi connectivity index (χ3n) is 4.32. The van der Waals surface area contributed by atoms with Gasteiger partial charge in [-0.2, -0.15) is 8.78 Å². The molecule has 164 valence electrons. The van der Waals surface area contributed by atoms with Crippen LogP contribution in [0.25, 0.3) is 0 Å². The minimum Gasteiger partial charge on any atom is -0.434 e. The van der Waals surface area contributed by atoms with E-state index in [2.05, 4.69) is 20.4 Å². The Morgan fingerprint density at radius 3 is 2.76 bits per heavy atom. The molecule has 1 amide bonds. The highest BCUT2D eigenvalue weighted by Gasteiger charge is 2.28. The maximum atomic E-state index is 12.6. The number of aliphatic imine (C=N–C) groups is 1.